The zero-order valence-corrected chi connectivity index (χ0v) is 21.3. The number of hydrogen-bond donors (Lipinski definition) is 1. The lowest BCUT2D eigenvalue weighted by atomic mass is 10.2. The highest BCUT2D eigenvalue weighted by atomic mass is 16.2. The number of likely N-dealkylation sites (N-methyl/N-ethyl adjacent to an activating group) is 1. The minimum absolute atomic E-state index is 0.115. The number of amides is 1. The summed E-state index contributed by atoms with van der Waals surface area (Å²) in [5.41, 5.74) is 4.05. The standard InChI is InChI=1S/C26H32N10O/c1-18-3-4-19-15-21(5-6-22(19)28-18)36-25-23(31-32-36)16-27-26(30-25)29-20-7-10-35(17-20)24(37)8-9-34-13-11-33(2)12-14-34/h3-6,15-16,20H,7-14,17H2,1-2H3,(H,27,29,30). The van der Waals surface area contributed by atoms with Crippen LogP contribution in [0.1, 0.15) is 18.5 Å². The van der Waals surface area contributed by atoms with Gasteiger partial charge in [0.1, 0.15) is 0 Å². The maximum atomic E-state index is 12.8. The molecule has 2 fully saturated rings. The van der Waals surface area contributed by atoms with E-state index in [-0.39, 0.29) is 11.9 Å². The molecule has 11 heteroatoms. The first-order chi connectivity index (χ1) is 18.0. The smallest absolute Gasteiger partial charge is 0.225 e. The highest BCUT2D eigenvalue weighted by Gasteiger charge is 2.27. The molecule has 0 saturated carbocycles. The number of aryl methyl sites for hydroxylation is 1. The molecule has 1 aromatic carbocycles. The van der Waals surface area contributed by atoms with Gasteiger partial charge in [-0.1, -0.05) is 11.3 Å². The van der Waals surface area contributed by atoms with Gasteiger partial charge in [0.05, 0.1) is 17.4 Å². The summed E-state index contributed by atoms with van der Waals surface area (Å²) < 4.78 is 1.73. The first kappa shape index (κ1) is 23.7. The average Bonchev–Trinajstić information content (AvgIpc) is 3.55. The summed E-state index contributed by atoms with van der Waals surface area (Å²) in [6.45, 7) is 8.45. The van der Waals surface area contributed by atoms with Crippen molar-refractivity contribution in [2.45, 2.75) is 25.8 Å². The predicted molar refractivity (Wildman–Crippen MR) is 142 cm³/mol. The van der Waals surface area contributed by atoms with Gasteiger partial charge < -0.3 is 20.0 Å². The van der Waals surface area contributed by atoms with Gasteiger partial charge >= 0.3 is 0 Å². The van der Waals surface area contributed by atoms with Crippen molar-refractivity contribution < 1.29 is 4.79 Å². The molecule has 6 rings (SSSR count). The van der Waals surface area contributed by atoms with E-state index in [4.69, 9.17) is 4.98 Å². The van der Waals surface area contributed by atoms with E-state index in [1.165, 1.54) is 0 Å². The van der Waals surface area contributed by atoms with Crippen LogP contribution in [0.15, 0.2) is 36.5 Å². The number of carbonyl (C=O) groups is 1. The van der Waals surface area contributed by atoms with Crippen molar-refractivity contribution >= 4 is 33.9 Å². The predicted octanol–water partition coefficient (Wildman–Crippen LogP) is 1.72. The molecule has 11 nitrogen and oxygen atoms in total. The van der Waals surface area contributed by atoms with Gasteiger partial charge in [-0.2, -0.15) is 9.67 Å². The van der Waals surface area contributed by atoms with Gasteiger partial charge in [-0.05, 0) is 44.7 Å². The number of benzene rings is 1. The quantitative estimate of drug-likeness (QED) is 0.423. The second kappa shape index (κ2) is 9.98. The van der Waals surface area contributed by atoms with E-state index in [0.29, 0.717) is 30.1 Å². The van der Waals surface area contributed by atoms with E-state index in [1.807, 2.05) is 36.1 Å². The van der Waals surface area contributed by atoms with Crippen molar-refractivity contribution in [2.75, 3.05) is 58.2 Å². The normalized spacial score (nSPS) is 19.2. The largest absolute Gasteiger partial charge is 0.350 e. The van der Waals surface area contributed by atoms with Gasteiger partial charge in [-0.15, -0.1) is 5.10 Å². The number of pyridine rings is 1. The Morgan fingerprint density at radius 2 is 1.92 bits per heavy atom. The number of likely N-dealkylation sites (tertiary alicyclic amines) is 1. The van der Waals surface area contributed by atoms with Crippen LogP contribution < -0.4 is 5.32 Å². The number of hydrogen-bond acceptors (Lipinski definition) is 9. The Kier molecular flexibility index (Phi) is 6.39. The number of anilines is 1. The number of carbonyl (C=O) groups excluding carboxylic acids is 1. The Bertz CT molecular complexity index is 1430. The lowest BCUT2D eigenvalue weighted by molar-refractivity contribution is -0.130. The van der Waals surface area contributed by atoms with E-state index in [2.05, 4.69) is 48.5 Å². The van der Waals surface area contributed by atoms with Crippen LogP contribution in [0.25, 0.3) is 27.8 Å². The minimum Gasteiger partial charge on any atom is -0.350 e. The Hall–Kier alpha value is -3.70. The Balaban J connectivity index is 1.11. The summed E-state index contributed by atoms with van der Waals surface area (Å²) in [7, 11) is 2.15. The van der Waals surface area contributed by atoms with Crippen molar-refractivity contribution in [3.05, 3.63) is 42.2 Å². The second-order valence-corrected chi connectivity index (χ2v) is 10.1. The van der Waals surface area contributed by atoms with Gasteiger partial charge in [0, 0.05) is 69.4 Å². The Morgan fingerprint density at radius 3 is 2.78 bits per heavy atom. The number of rotatable bonds is 6. The van der Waals surface area contributed by atoms with Crippen molar-refractivity contribution in [2.24, 2.45) is 0 Å². The molecule has 1 N–H and O–H groups in total. The molecule has 0 radical (unpaired) electrons. The van der Waals surface area contributed by atoms with Crippen LogP contribution in [0.5, 0.6) is 0 Å². The fraction of sp³-hybridized carbons (Fsp3) is 0.462. The first-order valence-corrected chi connectivity index (χ1v) is 12.9. The molecule has 1 amide bonds. The SMILES string of the molecule is Cc1ccc2cc(-n3nnc4cnc(NC5CCN(C(=O)CCN6CCN(C)CC6)C5)nc43)ccc2n1. The summed E-state index contributed by atoms with van der Waals surface area (Å²) >= 11 is 0. The summed E-state index contributed by atoms with van der Waals surface area (Å²) in [5, 5.41) is 13.0. The minimum atomic E-state index is 0.115. The molecule has 4 aromatic rings. The molecule has 3 aromatic heterocycles. The molecule has 2 aliphatic rings. The molecule has 0 aliphatic carbocycles. The second-order valence-electron chi connectivity index (χ2n) is 10.1. The van der Waals surface area contributed by atoms with Crippen LogP contribution in [0.4, 0.5) is 5.95 Å². The van der Waals surface area contributed by atoms with Crippen LogP contribution >= 0.6 is 0 Å². The fourth-order valence-electron chi connectivity index (χ4n) is 5.09. The number of nitrogens with zero attached hydrogens (tertiary/aromatic N) is 9. The number of nitrogens with one attached hydrogen (secondary N) is 1. The number of aromatic nitrogens is 6. The summed E-state index contributed by atoms with van der Waals surface area (Å²) in [6, 6.07) is 10.2. The molecule has 5 heterocycles. The van der Waals surface area contributed by atoms with E-state index in [1.54, 1.807) is 10.9 Å². The zero-order chi connectivity index (χ0) is 25.4. The molecule has 0 spiro atoms. The topological polar surface area (TPSA) is 108 Å². The van der Waals surface area contributed by atoms with E-state index >= 15 is 0 Å². The zero-order valence-electron chi connectivity index (χ0n) is 21.3. The average molecular weight is 501 g/mol. The molecule has 1 atom stereocenters. The van der Waals surface area contributed by atoms with E-state index in [9.17, 15) is 4.79 Å². The molecule has 2 aliphatic heterocycles. The van der Waals surface area contributed by atoms with Crippen LogP contribution in [0.3, 0.4) is 0 Å². The highest BCUT2D eigenvalue weighted by molar-refractivity contribution is 5.82. The van der Waals surface area contributed by atoms with Crippen LogP contribution in [-0.2, 0) is 4.79 Å². The van der Waals surface area contributed by atoms with Crippen LogP contribution in [-0.4, -0.2) is 109 Å². The molecule has 192 valence electrons. The number of piperazine rings is 1. The summed E-state index contributed by atoms with van der Waals surface area (Å²) in [4.78, 5) is 33.2. The van der Waals surface area contributed by atoms with Crippen LogP contribution in [0, 0.1) is 6.92 Å². The Labute approximate surface area is 215 Å². The molecule has 1 unspecified atom stereocenters. The maximum absolute atomic E-state index is 12.8. The molecular formula is C26H32N10O. The highest BCUT2D eigenvalue weighted by Crippen LogP contribution is 2.21. The van der Waals surface area contributed by atoms with Crippen molar-refractivity contribution in [1.82, 2.24) is 44.6 Å². The van der Waals surface area contributed by atoms with Gasteiger partial charge in [-0.3, -0.25) is 9.78 Å². The summed E-state index contributed by atoms with van der Waals surface area (Å²) in [6.07, 6.45) is 3.13. The fourth-order valence-corrected chi connectivity index (χ4v) is 5.09. The van der Waals surface area contributed by atoms with Gasteiger partial charge in [0.25, 0.3) is 0 Å². The van der Waals surface area contributed by atoms with Gasteiger partial charge in [-0.25, -0.2) is 4.98 Å². The maximum Gasteiger partial charge on any atom is 0.225 e. The lowest BCUT2D eigenvalue weighted by Gasteiger charge is -2.32. The molecule has 2 saturated heterocycles. The van der Waals surface area contributed by atoms with E-state index in [0.717, 1.165) is 68.0 Å². The monoisotopic (exact) mass is 500 g/mol. The third-order valence-electron chi connectivity index (χ3n) is 7.36. The van der Waals surface area contributed by atoms with Crippen LogP contribution in [0.2, 0.25) is 0 Å². The first-order valence-electron chi connectivity index (χ1n) is 12.9. The summed E-state index contributed by atoms with van der Waals surface area (Å²) in [5.74, 6) is 0.744. The lowest BCUT2D eigenvalue weighted by Crippen LogP contribution is -2.45. The van der Waals surface area contributed by atoms with Gasteiger partial charge in [0.2, 0.25) is 11.9 Å². The van der Waals surface area contributed by atoms with Gasteiger partial charge in [0.15, 0.2) is 11.2 Å². The number of fused-ring (bicyclic) bond motifs is 2. The Morgan fingerprint density at radius 1 is 1.05 bits per heavy atom. The molecule has 0 bridgehead atoms. The van der Waals surface area contributed by atoms with Crippen molar-refractivity contribution in [1.29, 1.82) is 0 Å². The molecule has 37 heavy (non-hydrogen) atoms. The third kappa shape index (κ3) is 5.09. The van der Waals surface area contributed by atoms with Crippen molar-refractivity contribution in [3.8, 4) is 5.69 Å². The molecular weight excluding hydrogens is 468 g/mol. The van der Waals surface area contributed by atoms with Crippen molar-refractivity contribution in [3.63, 3.8) is 0 Å². The third-order valence-corrected chi connectivity index (χ3v) is 7.36. The van der Waals surface area contributed by atoms with E-state index < -0.39 is 0 Å².